The minimum absolute atomic E-state index is 0.0493. The molecule has 0 fully saturated rings. The number of amides is 1. The van der Waals surface area contributed by atoms with Gasteiger partial charge in [-0.3, -0.25) is 9.78 Å². The zero-order chi connectivity index (χ0) is 23.1. The van der Waals surface area contributed by atoms with Gasteiger partial charge in [-0.25, -0.2) is 9.37 Å². The summed E-state index contributed by atoms with van der Waals surface area (Å²) in [6.07, 6.45) is 3.98. The van der Waals surface area contributed by atoms with Gasteiger partial charge in [-0.1, -0.05) is 6.07 Å². The Morgan fingerprint density at radius 3 is 2.79 bits per heavy atom. The van der Waals surface area contributed by atoms with Crippen molar-refractivity contribution in [2.75, 3.05) is 17.6 Å². The Labute approximate surface area is 189 Å². The molecule has 166 valence electrons. The lowest BCUT2D eigenvalue weighted by molar-refractivity contribution is -0.129. The Balaban J connectivity index is 1.48. The summed E-state index contributed by atoms with van der Waals surface area (Å²) in [7, 11) is 0. The van der Waals surface area contributed by atoms with E-state index in [4.69, 9.17) is 5.73 Å². The lowest BCUT2D eigenvalue weighted by Crippen LogP contribution is -2.34. The molecule has 0 spiro atoms. The predicted molar refractivity (Wildman–Crippen MR) is 124 cm³/mol. The summed E-state index contributed by atoms with van der Waals surface area (Å²) in [5, 5.41) is 12.1. The molecule has 0 radical (unpaired) electrons. The summed E-state index contributed by atoms with van der Waals surface area (Å²) in [6, 6.07) is 9.11. The van der Waals surface area contributed by atoms with Gasteiger partial charge in [0, 0.05) is 61.0 Å². The maximum atomic E-state index is 15.0. The van der Waals surface area contributed by atoms with Gasteiger partial charge in [-0.15, -0.1) is 10.2 Å². The van der Waals surface area contributed by atoms with Crippen LogP contribution >= 0.6 is 0 Å². The number of carbonyl (C=O) groups excluding carboxylic acids is 1. The molecular formula is C24H22FN7O. The molecule has 0 saturated carbocycles. The van der Waals surface area contributed by atoms with E-state index in [0.29, 0.717) is 53.2 Å². The average Bonchev–Trinajstić information content (AvgIpc) is 2.81. The first-order valence-electron chi connectivity index (χ1n) is 10.6. The van der Waals surface area contributed by atoms with Gasteiger partial charge < -0.3 is 16.0 Å². The molecular weight excluding hydrogens is 421 g/mol. The zero-order valence-electron chi connectivity index (χ0n) is 18.3. The van der Waals surface area contributed by atoms with Crippen molar-refractivity contribution in [3.8, 4) is 11.1 Å². The first kappa shape index (κ1) is 20.7. The third-order valence-corrected chi connectivity index (χ3v) is 5.93. The van der Waals surface area contributed by atoms with Crippen molar-refractivity contribution in [1.29, 1.82) is 0 Å². The number of nitrogens with zero attached hydrogens (tertiary/aromatic N) is 5. The molecule has 4 aromatic rings. The van der Waals surface area contributed by atoms with Gasteiger partial charge >= 0.3 is 0 Å². The van der Waals surface area contributed by atoms with Crippen LogP contribution in [0.2, 0.25) is 0 Å². The highest BCUT2D eigenvalue weighted by Crippen LogP contribution is 2.34. The highest BCUT2D eigenvalue weighted by molar-refractivity contribution is 5.95. The second-order valence-corrected chi connectivity index (χ2v) is 8.13. The highest BCUT2D eigenvalue weighted by Gasteiger charge is 2.20. The summed E-state index contributed by atoms with van der Waals surface area (Å²) in [5.41, 5.74) is 10.2. The van der Waals surface area contributed by atoms with Crippen molar-refractivity contribution in [1.82, 2.24) is 25.1 Å². The molecule has 33 heavy (non-hydrogen) atoms. The smallest absolute Gasteiger partial charge is 0.219 e. The molecule has 1 aliphatic heterocycles. The Hall–Kier alpha value is -4.14. The quantitative estimate of drug-likeness (QED) is 0.464. The number of nitrogens with two attached hydrogens (primary N) is 1. The summed E-state index contributed by atoms with van der Waals surface area (Å²) >= 11 is 0. The number of pyridine rings is 2. The van der Waals surface area contributed by atoms with Crippen LogP contribution in [-0.2, 0) is 17.8 Å². The fraction of sp³-hybridized carbons (Fsp3) is 0.208. The van der Waals surface area contributed by atoms with Crippen molar-refractivity contribution in [3.05, 3.63) is 65.4 Å². The van der Waals surface area contributed by atoms with Gasteiger partial charge in [-0.2, -0.15) is 0 Å². The van der Waals surface area contributed by atoms with Gasteiger partial charge in [0.1, 0.15) is 11.3 Å². The van der Waals surface area contributed by atoms with E-state index in [1.165, 1.54) is 0 Å². The van der Waals surface area contributed by atoms with Gasteiger partial charge in [0.2, 0.25) is 5.91 Å². The molecule has 1 aromatic carbocycles. The van der Waals surface area contributed by atoms with Crippen LogP contribution in [0, 0.1) is 12.7 Å². The summed E-state index contributed by atoms with van der Waals surface area (Å²) in [5.74, 6) is 0.614. The Kier molecular flexibility index (Phi) is 5.08. The summed E-state index contributed by atoms with van der Waals surface area (Å²) in [4.78, 5) is 22.2. The second kappa shape index (κ2) is 8.09. The number of fused-ring (bicyclic) bond motifs is 2. The fourth-order valence-corrected chi connectivity index (χ4v) is 4.08. The average molecular weight is 443 g/mol. The minimum Gasteiger partial charge on any atom is -0.395 e. The molecule has 9 heteroatoms. The Bertz CT molecular complexity index is 1410. The van der Waals surface area contributed by atoms with Gasteiger partial charge in [0.05, 0.1) is 5.69 Å². The van der Waals surface area contributed by atoms with E-state index in [1.807, 2.05) is 25.1 Å². The monoisotopic (exact) mass is 443 g/mol. The third-order valence-electron chi connectivity index (χ3n) is 5.93. The van der Waals surface area contributed by atoms with Crippen molar-refractivity contribution in [3.63, 3.8) is 0 Å². The van der Waals surface area contributed by atoms with Crippen molar-refractivity contribution in [2.45, 2.75) is 26.8 Å². The van der Waals surface area contributed by atoms with E-state index in [9.17, 15) is 4.79 Å². The van der Waals surface area contributed by atoms with Crippen LogP contribution in [0.5, 0.6) is 0 Å². The number of hydrogen-bond acceptors (Lipinski definition) is 7. The van der Waals surface area contributed by atoms with E-state index in [2.05, 4.69) is 25.5 Å². The van der Waals surface area contributed by atoms with Crippen LogP contribution in [0.15, 0.2) is 42.7 Å². The van der Waals surface area contributed by atoms with Gasteiger partial charge in [0.15, 0.2) is 11.6 Å². The summed E-state index contributed by atoms with van der Waals surface area (Å²) < 4.78 is 15.0. The first-order chi connectivity index (χ1) is 15.9. The van der Waals surface area contributed by atoms with Crippen LogP contribution in [0.3, 0.4) is 0 Å². The molecule has 0 unspecified atom stereocenters. The van der Waals surface area contributed by atoms with E-state index >= 15 is 4.39 Å². The number of rotatable bonds is 3. The SMILES string of the molecule is CC(=O)N1CCc2nc(Nc3cc4cc(-c5cnccc5C)c(F)c(N)c4nn3)ccc2C1. The number of anilines is 3. The number of benzene rings is 1. The Morgan fingerprint density at radius 1 is 1.15 bits per heavy atom. The molecule has 1 amide bonds. The van der Waals surface area contributed by atoms with Crippen LogP contribution in [0.4, 0.5) is 21.7 Å². The fourth-order valence-electron chi connectivity index (χ4n) is 4.08. The van der Waals surface area contributed by atoms with Crippen molar-refractivity contribution < 1.29 is 9.18 Å². The predicted octanol–water partition coefficient (Wildman–Crippen LogP) is 3.76. The van der Waals surface area contributed by atoms with Gasteiger partial charge in [-0.05, 0) is 42.3 Å². The van der Waals surface area contributed by atoms with Gasteiger partial charge in [0.25, 0.3) is 0 Å². The molecule has 8 nitrogen and oxygen atoms in total. The molecule has 0 atom stereocenters. The van der Waals surface area contributed by atoms with Crippen LogP contribution in [0.1, 0.15) is 23.7 Å². The van der Waals surface area contributed by atoms with E-state index in [0.717, 1.165) is 16.8 Å². The third kappa shape index (κ3) is 3.82. The maximum absolute atomic E-state index is 15.0. The highest BCUT2D eigenvalue weighted by atomic mass is 19.1. The van der Waals surface area contributed by atoms with E-state index in [1.54, 1.807) is 36.4 Å². The maximum Gasteiger partial charge on any atom is 0.219 e. The van der Waals surface area contributed by atoms with Crippen molar-refractivity contribution in [2.24, 2.45) is 0 Å². The lowest BCUT2D eigenvalue weighted by Gasteiger charge is -2.27. The number of nitrogens with one attached hydrogen (secondary N) is 1. The molecule has 0 aliphatic carbocycles. The molecule has 4 heterocycles. The number of aryl methyl sites for hydroxylation is 1. The first-order valence-corrected chi connectivity index (χ1v) is 10.6. The van der Waals surface area contributed by atoms with Crippen LogP contribution in [-0.4, -0.2) is 37.5 Å². The molecule has 1 aliphatic rings. The largest absolute Gasteiger partial charge is 0.395 e. The normalized spacial score (nSPS) is 13.1. The number of halogens is 1. The number of nitrogen functional groups attached to an aromatic ring is 1. The van der Waals surface area contributed by atoms with Crippen LogP contribution in [0.25, 0.3) is 22.0 Å². The van der Waals surface area contributed by atoms with E-state index in [-0.39, 0.29) is 11.6 Å². The standard InChI is InChI=1S/C24H22FN7O/c1-13-5-7-27-11-18(13)17-9-16-10-21(30-31-24(16)23(26)22(17)25)29-20-4-3-15-12-32(14(2)33)8-6-19(15)28-20/h3-5,7,9-11H,6,8,12,26H2,1-2H3,(H,28,29,30). The molecule has 5 rings (SSSR count). The second-order valence-electron chi connectivity index (χ2n) is 8.13. The van der Waals surface area contributed by atoms with E-state index < -0.39 is 5.82 Å². The lowest BCUT2D eigenvalue weighted by atomic mass is 9.99. The van der Waals surface area contributed by atoms with Crippen molar-refractivity contribution >= 4 is 34.1 Å². The minimum atomic E-state index is -0.537. The van der Waals surface area contributed by atoms with Crippen LogP contribution < -0.4 is 11.1 Å². The Morgan fingerprint density at radius 2 is 2.00 bits per heavy atom. The molecule has 3 aromatic heterocycles. The number of carbonyl (C=O) groups is 1. The molecule has 3 N–H and O–H groups in total. The topological polar surface area (TPSA) is 110 Å². The molecule has 0 saturated heterocycles. The number of hydrogen-bond donors (Lipinski definition) is 2. The molecule has 0 bridgehead atoms. The summed E-state index contributed by atoms with van der Waals surface area (Å²) in [6.45, 7) is 4.68. The zero-order valence-corrected chi connectivity index (χ0v) is 18.3. The number of aromatic nitrogens is 4.